The number of hydrogen-bond acceptors (Lipinski definition) is 2. The second kappa shape index (κ2) is 7.41. The molecule has 3 unspecified atom stereocenters. The first-order valence-electron chi connectivity index (χ1n) is 8.51. The Balaban J connectivity index is 3.18. The zero-order valence-corrected chi connectivity index (χ0v) is 15.8. The average molecular weight is 301 g/mol. The summed E-state index contributed by atoms with van der Waals surface area (Å²) in [4.78, 5) is 0. The molecule has 0 aromatic rings. The maximum absolute atomic E-state index is 6.26. The molecule has 1 rings (SSSR count). The van der Waals surface area contributed by atoms with Crippen LogP contribution in [0.25, 0.3) is 0 Å². The van der Waals surface area contributed by atoms with Crippen LogP contribution in [0.15, 0.2) is 0 Å². The highest BCUT2D eigenvalue weighted by atomic mass is 28.4. The Kier molecular flexibility index (Phi) is 6.74. The molecular weight excluding hydrogens is 264 g/mol. The number of rotatable bonds is 7. The van der Waals surface area contributed by atoms with Gasteiger partial charge in [-0.2, -0.15) is 0 Å². The van der Waals surface area contributed by atoms with Crippen molar-refractivity contribution in [2.45, 2.75) is 83.7 Å². The minimum Gasteiger partial charge on any atom is -0.397 e. The molecule has 3 atom stereocenters. The Morgan fingerprint density at radius 1 is 1.10 bits per heavy atom. The van der Waals surface area contributed by atoms with E-state index in [9.17, 15) is 0 Å². The van der Waals surface area contributed by atoms with Crippen molar-refractivity contribution in [2.24, 2.45) is 11.8 Å². The van der Waals surface area contributed by atoms with Gasteiger partial charge in [0.1, 0.15) is 0 Å². The molecule has 0 aromatic heterocycles. The van der Waals surface area contributed by atoms with Gasteiger partial charge in [0, 0.05) is 24.8 Å². The minimum absolute atomic E-state index is 0.153. The van der Waals surface area contributed by atoms with E-state index in [1.54, 1.807) is 0 Å². The maximum Gasteiger partial charge on any atom is 0.347 e. The lowest BCUT2D eigenvalue weighted by molar-refractivity contribution is 0.149. The first kappa shape index (κ1) is 18.2. The summed E-state index contributed by atoms with van der Waals surface area (Å²) in [5.74, 6) is 1.42. The van der Waals surface area contributed by atoms with Crippen LogP contribution in [0.5, 0.6) is 0 Å². The molecular formula is C17H36O2Si. The molecule has 20 heavy (non-hydrogen) atoms. The van der Waals surface area contributed by atoms with Gasteiger partial charge in [0.05, 0.1) is 0 Å². The third kappa shape index (κ3) is 3.00. The van der Waals surface area contributed by atoms with Crippen LogP contribution in [0.3, 0.4) is 0 Å². The Hall–Kier alpha value is 0.137. The Bertz CT molecular complexity index is 287. The van der Waals surface area contributed by atoms with Gasteiger partial charge in [-0.15, -0.1) is 0 Å². The highest BCUT2D eigenvalue weighted by molar-refractivity contribution is 6.72. The molecule has 1 aliphatic carbocycles. The van der Waals surface area contributed by atoms with E-state index < -0.39 is 8.56 Å². The van der Waals surface area contributed by atoms with Crippen LogP contribution in [0.4, 0.5) is 0 Å². The van der Waals surface area contributed by atoms with Gasteiger partial charge < -0.3 is 8.85 Å². The third-order valence-electron chi connectivity index (χ3n) is 6.27. The van der Waals surface area contributed by atoms with Crippen LogP contribution in [0.1, 0.15) is 73.1 Å². The van der Waals surface area contributed by atoms with Gasteiger partial charge in [-0.3, -0.25) is 0 Å². The molecule has 3 heteroatoms. The minimum atomic E-state index is -2.24. The van der Waals surface area contributed by atoms with Crippen LogP contribution >= 0.6 is 0 Å². The van der Waals surface area contributed by atoms with Crippen molar-refractivity contribution in [2.75, 3.05) is 14.2 Å². The fourth-order valence-electron chi connectivity index (χ4n) is 4.44. The first-order valence-corrected chi connectivity index (χ1v) is 10.4. The molecule has 0 N–H and O–H groups in total. The summed E-state index contributed by atoms with van der Waals surface area (Å²) in [7, 11) is 1.57. The lowest BCUT2D eigenvalue weighted by atomic mass is 9.87. The number of hydrogen-bond donors (Lipinski definition) is 0. The van der Waals surface area contributed by atoms with E-state index in [0.29, 0.717) is 11.5 Å². The standard InChI is InChI=1S/C17H36O2Si/c1-8-14(3)17(4,5)20(18-6,19-7)16-13-11-10-12-15(16)9-2/h14-16H,8-13H2,1-7H3. The van der Waals surface area contributed by atoms with Crippen molar-refractivity contribution in [1.29, 1.82) is 0 Å². The topological polar surface area (TPSA) is 18.5 Å². The van der Waals surface area contributed by atoms with Crippen molar-refractivity contribution in [3.05, 3.63) is 0 Å². The van der Waals surface area contributed by atoms with E-state index in [0.717, 1.165) is 5.92 Å². The van der Waals surface area contributed by atoms with Crippen LogP contribution in [0, 0.1) is 11.8 Å². The predicted molar refractivity (Wildman–Crippen MR) is 89.3 cm³/mol. The second-order valence-corrected chi connectivity index (χ2v) is 11.3. The molecule has 1 fully saturated rings. The molecule has 0 heterocycles. The molecule has 0 bridgehead atoms. The van der Waals surface area contributed by atoms with Crippen molar-refractivity contribution in [3.63, 3.8) is 0 Å². The van der Waals surface area contributed by atoms with Crippen LogP contribution in [-0.4, -0.2) is 22.8 Å². The van der Waals surface area contributed by atoms with Gasteiger partial charge in [0.25, 0.3) is 0 Å². The summed E-state index contributed by atoms with van der Waals surface area (Å²) in [6.07, 6.45) is 7.85. The zero-order valence-electron chi connectivity index (χ0n) is 14.8. The summed E-state index contributed by atoms with van der Waals surface area (Å²) in [6.45, 7) is 11.8. The van der Waals surface area contributed by atoms with E-state index in [-0.39, 0.29) is 5.04 Å². The van der Waals surface area contributed by atoms with E-state index in [4.69, 9.17) is 8.85 Å². The molecule has 0 radical (unpaired) electrons. The maximum atomic E-state index is 6.26. The lowest BCUT2D eigenvalue weighted by Gasteiger charge is -2.52. The van der Waals surface area contributed by atoms with Crippen molar-refractivity contribution in [3.8, 4) is 0 Å². The van der Waals surface area contributed by atoms with E-state index in [2.05, 4.69) is 34.6 Å². The summed E-state index contributed by atoms with van der Waals surface area (Å²) >= 11 is 0. The first-order chi connectivity index (χ1) is 9.41. The highest BCUT2D eigenvalue weighted by Gasteiger charge is 2.59. The smallest absolute Gasteiger partial charge is 0.347 e. The van der Waals surface area contributed by atoms with Crippen LogP contribution < -0.4 is 0 Å². The molecule has 1 saturated carbocycles. The van der Waals surface area contributed by atoms with Crippen molar-refractivity contribution >= 4 is 8.56 Å². The Morgan fingerprint density at radius 3 is 2.10 bits per heavy atom. The molecule has 0 amide bonds. The van der Waals surface area contributed by atoms with Crippen molar-refractivity contribution in [1.82, 2.24) is 0 Å². The molecule has 1 aliphatic rings. The van der Waals surface area contributed by atoms with Gasteiger partial charge in [-0.25, -0.2) is 0 Å². The Morgan fingerprint density at radius 2 is 1.65 bits per heavy atom. The normalized spacial score (nSPS) is 26.6. The molecule has 0 aliphatic heterocycles. The highest BCUT2D eigenvalue weighted by Crippen LogP contribution is 2.56. The van der Waals surface area contributed by atoms with E-state index in [1.807, 2.05) is 14.2 Å². The molecule has 0 aromatic carbocycles. The second-order valence-electron chi connectivity index (χ2n) is 7.17. The molecule has 2 nitrogen and oxygen atoms in total. The molecule has 0 saturated heterocycles. The molecule has 120 valence electrons. The van der Waals surface area contributed by atoms with Crippen LogP contribution in [-0.2, 0) is 8.85 Å². The SMILES string of the molecule is CCC1CCCCC1[Si](OC)(OC)C(C)(C)C(C)CC. The Labute approximate surface area is 127 Å². The quantitative estimate of drug-likeness (QED) is 0.576. The van der Waals surface area contributed by atoms with Gasteiger partial charge in [-0.05, 0) is 18.3 Å². The van der Waals surface area contributed by atoms with Gasteiger partial charge in [0.15, 0.2) is 0 Å². The van der Waals surface area contributed by atoms with Gasteiger partial charge >= 0.3 is 8.56 Å². The third-order valence-corrected chi connectivity index (χ3v) is 11.5. The monoisotopic (exact) mass is 300 g/mol. The average Bonchev–Trinajstić information content (AvgIpc) is 2.48. The van der Waals surface area contributed by atoms with Crippen molar-refractivity contribution < 1.29 is 8.85 Å². The fraction of sp³-hybridized carbons (Fsp3) is 1.00. The summed E-state index contributed by atoms with van der Waals surface area (Å²) in [5.41, 5.74) is 0.653. The van der Waals surface area contributed by atoms with E-state index in [1.165, 1.54) is 38.5 Å². The summed E-state index contributed by atoms with van der Waals surface area (Å²) < 4.78 is 12.5. The summed E-state index contributed by atoms with van der Waals surface area (Å²) in [6, 6.07) is 0. The zero-order chi connectivity index (χ0) is 15.4. The fourth-order valence-corrected chi connectivity index (χ4v) is 9.72. The van der Waals surface area contributed by atoms with Gasteiger partial charge in [0.2, 0.25) is 0 Å². The van der Waals surface area contributed by atoms with E-state index >= 15 is 0 Å². The van der Waals surface area contributed by atoms with Gasteiger partial charge in [-0.1, -0.05) is 66.7 Å². The summed E-state index contributed by atoms with van der Waals surface area (Å²) in [5, 5.41) is 0.153. The largest absolute Gasteiger partial charge is 0.397 e. The van der Waals surface area contributed by atoms with Crippen LogP contribution in [0.2, 0.25) is 10.6 Å². The lowest BCUT2D eigenvalue weighted by Crippen LogP contribution is -2.58. The predicted octanol–water partition coefficient (Wildman–Crippen LogP) is 5.52. The molecule has 0 spiro atoms.